The Morgan fingerprint density at radius 3 is 2.72 bits per heavy atom. The van der Waals surface area contributed by atoms with Crippen molar-refractivity contribution in [3.8, 4) is 11.8 Å². The van der Waals surface area contributed by atoms with Crippen LogP contribution in [0.3, 0.4) is 0 Å². The Morgan fingerprint density at radius 2 is 2.00 bits per heavy atom. The van der Waals surface area contributed by atoms with Crippen molar-refractivity contribution in [1.82, 2.24) is 9.97 Å². The minimum absolute atomic E-state index is 0.111. The van der Waals surface area contributed by atoms with Crippen molar-refractivity contribution in [2.75, 3.05) is 0 Å². The molecule has 0 fully saturated rings. The summed E-state index contributed by atoms with van der Waals surface area (Å²) in [5, 5.41) is 0. The van der Waals surface area contributed by atoms with Crippen LogP contribution in [0.2, 0.25) is 0 Å². The van der Waals surface area contributed by atoms with E-state index in [-0.39, 0.29) is 18.3 Å². The van der Waals surface area contributed by atoms with Crippen molar-refractivity contribution < 1.29 is 9.13 Å². The van der Waals surface area contributed by atoms with Gasteiger partial charge in [0.15, 0.2) is 11.6 Å². The first-order chi connectivity index (χ1) is 8.58. The number of hydrogen-bond donors (Lipinski definition) is 1. The molecule has 0 aliphatic heterocycles. The SMILES string of the molecule is Cc1ccc(F)c(Oc2nc(C)cc(CN)n2)c1. The van der Waals surface area contributed by atoms with Gasteiger partial charge < -0.3 is 10.5 Å². The molecular formula is C13H14FN3O. The smallest absolute Gasteiger partial charge is 0.322 e. The number of aromatic nitrogens is 2. The van der Waals surface area contributed by atoms with E-state index >= 15 is 0 Å². The van der Waals surface area contributed by atoms with Crippen LogP contribution in [0.25, 0.3) is 0 Å². The van der Waals surface area contributed by atoms with Crippen LogP contribution in [0.1, 0.15) is 17.0 Å². The Morgan fingerprint density at radius 1 is 1.22 bits per heavy atom. The van der Waals surface area contributed by atoms with E-state index in [0.717, 1.165) is 11.3 Å². The third kappa shape index (κ3) is 2.81. The van der Waals surface area contributed by atoms with Crippen LogP contribution in [-0.4, -0.2) is 9.97 Å². The van der Waals surface area contributed by atoms with Gasteiger partial charge in [0, 0.05) is 12.2 Å². The number of aryl methyl sites for hydroxylation is 2. The summed E-state index contributed by atoms with van der Waals surface area (Å²) < 4.78 is 18.9. The Hall–Kier alpha value is -2.01. The monoisotopic (exact) mass is 247 g/mol. The van der Waals surface area contributed by atoms with Crippen LogP contribution in [-0.2, 0) is 6.54 Å². The van der Waals surface area contributed by atoms with E-state index in [1.165, 1.54) is 6.07 Å². The van der Waals surface area contributed by atoms with Crippen LogP contribution in [0.15, 0.2) is 24.3 Å². The fraction of sp³-hybridized carbons (Fsp3) is 0.231. The number of benzene rings is 1. The zero-order chi connectivity index (χ0) is 13.1. The summed E-state index contributed by atoms with van der Waals surface area (Å²) in [7, 11) is 0. The first kappa shape index (κ1) is 12.4. The third-order valence-corrected chi connectivity index (χ3v) is 2.38. The molecule has 0 aliphatic rings. The molecule has 0 spiro atoms. The molecule has 0 unspecified atom stereocenters. The summed E-state index contributed by atoms with van der Waals surface area (Å²) in [4.78, 5) is 8.19. The number of nitrogens with zero attached hydrogens (tertiary/aromatic N) is 2. The van der Waals surface area contributed by atoms with Gasteiger partial charge in [0.2, 0.25) is 0 Å². The van der Waals surface area contributed by atoms with Gasteiger partial charge in [-0.25, -0.2) is 9.37 Å². The predicted octanol–water partition coefficient (Wildman–Crippen LogP) is 2.48. The zero-order valence-electron chi connectivity index (χ0n) is 10.3. The van der Waals surface area contributed by atoms with Crippen molar-refractivity contribution in [2.45, 2.75) is 20.4 Å². The van der Waals surface area contributed by atoms with E-state index in [4.69, 9.17) is 10.5 Å². The van der Waals surface area contributed by atoms with Crippen LogP contribution >= 0.6 is 0 Å². The van der Waals surface area contributed by atoms with E-state index in [1.54, 1.807) is 25.1 Å². The van der Waals surface area contributed by atoms with Gasteiger partial charge in [-0.05, 0) is 37.6 Å². The molecule has 18 heavy (non-hydrogen) atoms. The van der Waals surface area contributed by atoms with E-state index in [0.29, 0.717) is 5.69 Å². The van der Waals surface area contributed by atoms with Gasteiger partial charge in [-0.3, -0.25) is 0 Å². The summed E-state index contributed by atoms with van der Waals surface area (Å²) in [6.45, 7) is 3.95. The topological polar surface area (TPSA) is 61.0 Å². The lowest BCUT2D eigenvalue weighted by molar-refractivity contribution is 0.408. The van der Waals surface area contributed by atoms with Crippen molar-refractivity contribution in [1.29, 1.82) is 0 Å². The molecule has 2 rings (SSSR count). The van der Waals surface area contributed by atoms with Gasteiger partial charge in [0.1, 0.15) is 0 Å². The summed E-state index contributed by atoms with van der Waals surface area (Å²) in [6.07, 6.45) is 0. The van der Waals surface area contributed by atoms with Crippen molar-refractivity contribution in [3.63, 3.8) is 0 Å². The second-order valence-electron chi connectivity index (χ2n) is 4.02. The second kappa shape index (κ2) is 5.10. The highest BCUT2D eigenvalue weighted by atomic mass is 19.1. The van der Waals surface area contributed by atoms with Gasteiger partial charge in [0.05, 0.1) is 5.69 Å². The highest BCUT2D eigenvalue weighted by molar-refractivity contribution is 5.31. The molecule has 2 N–H and O–H groups in total. The van der Waals surface area contributed by atoms with Crippen LogP contribution < -0.4 is 10.5 Å². The maximum atomic E-state index is 13.5. The zero-order valence-corrected chi connectivity index (χ0v) is 10.3. The first-order valence-electron chi connectivity index (χ1n) is 5.57. The van der Waals surface area contributed by atoms with Crippen molar-refractivity contribution >= 4 is 0 Å². The summed E-state index contributed by atoms with van der Waals surface area (Å²) in [5.41, 5.74) is 7.80. The molecule has 94 valence electrons. The molecule has 0 atom stereocenters. The molecule has 0 saturated carbocycles. The lowest BCUT2D eigenvalue weighted by Crippen LogP contribution is -2.04. The lowest BCUT2D eigenvalue weighted by Gasteiger charge is -2.07. The average Bonchev–Trinajstić information content (AvgIpc) is 2.33. The number of rotatable bonds is 3. The predicted molar refractivity (Wildman–Crippen MR) is 65.9 cm³/mol. The minimum atomic E-state index is -0.444. The van der Waals surface area contributed by atoms with Gasteiger partial charge in [-0.1, -0.05) is 6.07 Å². The molecule has 1 heterocycles. The fourth-order valence-corrected chi connectivity index (χ4v) is 1.54. The highest BCUT2D eigenvalue weighted by Crippen LogP contribution is 2.23. The number of hydrogen-bond acceptors (Lipinski definition) is 4. The quantitative estimate of drug-likeness (QED) is 0.905. The molecule has 1 aromatic heterocycles. The highest BCUT2D eigenvalue weighted by Gasteiger charge is 2.08. The van der Waals surface area contributed by atoms with Crippen LogP contribution in [0.4, 0.5) is 4.39 Å². The number of halogens is 1. The fourth-order valence-electron chi connectivity index (χ4n) is 1.54. The van der Waals surface area contributed by atoms with Crippen LogP contribution in [0, 0.1) is 19.7 Å². The Balaban J connectivity index is 2.33. The minimum Gasteiger partial charge on any atom is -0.421 e. The maximum absolute atomic E-state index is 13.5. The molecule has 5 heteroatoms. The summed E-state index contributed by atoms with van der Waals surface area (Å²) >= 11 is 0. The molecule has 2 aromatic rings. The Kier molecular flexibility index (Phi) is 3.53. The molecule has 4 nitrogen and oxygen atoms in total. The van der Waals surface area contributed by atoms with Gasteiger partial charge >= 0.3 is 6.01 Å². The van der Waals surface area contributed by atoms with Gasteiger partial charge in [-0.2, -0.15) is 4.98 Å². The van der Waals surface area contributed by atoms with Gasteiger partial charge in [0.25, 0.3) is 0 Å². The summed E-state index contributed by atoms with van der Waals surface area (Å²) in [6, 6.07) is 6.50. The molecule has 0 amide bonds. The Bertz CT molecular complexity index is 572. The van der Waals surface area contributed by atoms with Crippen LogP contribution in [0.5, 0.6) is 11.8 Å². The molecular weight excluding hydrogens is 233 g/mol. The molecule has 1 aromatic carbocycles. The lowest BCUT2D eigenvalue weighted by atomic mass is 10.2. The molecule has 0 bridgehead atoms. The summed E-state index contributed by atoms with van der Waals surface area (Å²) in [5.74, 6) is -0.330. The number of nitrogens with two attached hydrogens (primary N) is 1. The van der Waals surface area contributed by atoms with E-state index in [1.807, 2.05) is 6.92 Å². The molecule has 0 aliphatic carbocycles. The van der Waals surface area contributed by atoms with E-state index < -0.39 is 5.82 Å². The van der Waals surface area contributed by atoms with Crippen molar-refractivity contribution in [2.24, 2.45) is 5.73 Å². The maximum Gasteiger partial charge on any atom is 0.322 e. The molecule has 0 radical (unpaired) electrons. The van der Waals surface area contributed by atoms with E-state index in [2.05, 4.69) is 9.97 Å². The van der Waals surface area contributed by atoms with Crippen molar-refractivity contribution in [3.05, 3.63) is 47.0 Å². The second-order valence-corrected chi connectivity index (χ2v) is 4.02. The van der Waals surface area contributed by atoms with Gasteiger partial charge in [-0.15, -0.1) is 0 Å². The number of ether oxygens (including phenoxy) is 1. The average molecular weight is 247 g/mol. The molecule has 0 saturated heterocycles. The standard InChI is InChI=1S/C13H14FN3O/c1-8-3-4-11(14)12(5-8)18-13-16-9(2)6-10(7-15)17-13/h3-6H,7,15H2,1-2H3. The third-order valence-electron chi connectivity index (χ3n) is 2.38. The largest absolute Gasteiger partial charge is 0.421 e. The Labute approximate surface area is 105 Å². The van der Waals surface area contributed by atoms with E-state index in [9.17, 15) is 4.39 Å². The first-order valence-corrected chi connectivity index (χ1v) is 5.57. The normalized spacial score (nSPS) is 10.4.